The molecule has 2 heterocycles. The number of benzene rings is 9. The molecule has 12 rings (SSSR count). The van der Waals surface area contributed by atoms with Crippen molar-refractivity contribution in [1.82, 2.24) is 0 Å². The predicted molar refractivity (Wildman–Crippen MR) is 254 cm³/mol. The van der Waals surface area contributed by atoms with Crippen LogP contribution in [0.5, 0.6) is 0 Å². The third-order valence-corrected chi connectivity index (χ3v) is 13.2. The second-order valence-corrected chi connectivity index (χ2v) is 16.6. The summed E-state index contributed by atoms with van der Waals surface area (Å²) < 4.78 is 9.20. The highest BCUT2D eigenvalue weighted by Crippen LogP contribution is 2.45. The van der Waals surface area contributed by atoms with E-state index in [0.29, 0.717) is 0 Å². The lowest BCUT2D eigenvalue weighted by Crippen LogP contribution is -2.10. The zero-order valence-electron chi connectivity index (χ0n) is 32.2. The SMILES string of the molecule is C1=CC(c2cc(N(c3ccc(-c4cc5ccccc5c5ccccc45)cc3)c3ccc4c(c3)sc3ccccc34)ccc2-c2cccc3c2oc2ccccc23)=CCC1. The van der Waals surface area contributed by atoms with Crippen LogP contribution in [0.3, 0.4) is 0 Å². The lowest BCUT2D eigenvalue weighted by atomic mass is 9.90. The highest BCUT2D eigenvalue weighted by atomic mass is 32.1. The van der Waals surface area contributed by atoms with Crippen molar-refractivity contribution in [2.75, 3.05) is 4.90 Å². The van der Waals surface area contributed by atoms with E-state index in [1.165, 1.54) is 64.0 Å². The molecule has 0 amide bonds. The number of rotatable bonds is 6. The van der Waals surface area contributed by atoms with Gasteiger partial charge in [0.25, 0.3) is 0 Å². The average molecular weight is 772 g/mol. The van der Waals surface area contributed by atoms with Gasteiger partial charge in [-0.15, -0.1) is 11.3 Å². The number of furan rings is 1. The van der Waals surface area contributed by atoms with Gasteiger partial charge in [-0.25, -0.2) is 0 Å². The molecule has 0 fully saturated rings. The maximum atomic E-state index is 6.61. The molecule has 0 atom stereocenters. The molecule has 0 spiro atoms. The predicted octanol–water partition coefficient (Wildman–Crippen LogP) is 16.8. The van der Waals surface area contributed by atoms with Crippen LogP contribution in [-0.2, 0) is 0 Å². The fourth-order valence-corrected chi connectivity index (χ4v) is 10.4. The van der Waals surface area contributed by atoms with Crippen molar-refractivity contribution in [1.29, 1.82) is 0 Å². The Morgan fingerprint density at radius 1 is 0.424 bits per heavy atom. The molecule has 1 aliphatic carbocycles. The van der Waals surface area contributed by atoms with Crippen LogP contribution < -0.4 is 4.90 Å². The van der Waals surface area contributed by atoms with Crippen LogP contribution >= 0.6 is 11.3 Å². The Morgan fingerprint density at radius 3 is 1.98 bits per heavy atom. The summed E-state index contributed by atoms with van der Waals surface area (Å²) in [5, 5.41) is 9.95. The van der Waals surface area contributed by atoms with Crippen molar-refractivity contribution < 1.29 is 4.42 Å². The number of fused-ring (bicyclic) bond motifs is 9. The van der Waals surface area contributed by atoms with E-state index in [2.05, 4.69) is 199 Å². The van der Waals surface area contributed by atoms with Crippen molar-refractivity contribution in [3.05, 3.63) is 206 Å². The lowest BCUT2D eigenvalue weighted by molar-refractivity contribution is 0.670. The first-order chi connectivity index (χ1) is 29.2. The van der Waals surface area contributed by atoms with Crippen LogP contribution in [0.1, 0.15) is 18.4 Å². The third-order valence-electron chi connectivity index (χ3n) is 12.1. The Bertz CT molecular complexity index is 3510. The third kappa shape index (κ3) is 5.61. The second kappa shape index (κ2) is 13.7. The maximum Gasteiger partial charge on any atom is 0.143 e. The summed E-state index contributed by atoms with van der Waals surface area (Å²) in [6.07, 6.45) is 9.05. The maximum absolute atomic E-state index is 6.61. The highest BCUT2D eigenvalue weighted by Gasteiger charge is 2.21. The van der Waals surface area contributed by atoms with E-state index in [9.17, 15) is 0 Å². The van der Waals surface area contributed by atoms with Crippen molar-refractivity contribution >= 4 is 97.6 Å². The minimum absolute atomic E-state index is 0.910. The summed E-state index contributed by atoms with van der Waals surface area (Å²) in [4.78, 5) is 2.42. The zero-order valence-corrected chi connectivity index (χ0v) is 33.0. The summed E-state index contributed by atoms with van der Waals surface area (Å²) in [6.45, 7) is 0. The first-order valence-corrected chi connectivity index (χ1v) is 21.2. The molecule has 59 heavy (non-hydrogen) atoms. The minimum Gasteiger partial charge on any atom is -0.455 e. The molecule has 0 N–H and O–H groups in total. The van der Waals surface area contributed by atoms with Crippen LogP contribution in [0.25, 0.3) is 91.5 Å². The second-order valence-electron chi connectivity index (χ2n) is 15.5. The molecule has 9 aromatic carbocycles. The molecule has 3 heteroatoms. The van der Waals surface area contributed by atoms with Crippen LogP contribution in [0.4, 0.5) is 17.1 Å². The van der Waals surface area contributed by atoms with Gasteiger partial charge in [-0.2, -0.15) is 0 Å². The summed E-state index contributed by atoms with van der Waals surface area (Å²) >= 11 is 1.86. The van der Waals surface area contributed by atoms with Gasteiger partial charge in [0.05, 0.1) is 0 Å². The van der Waals surface area contributed by atoms with E-state index in [1.54, 1.807) is 0 Å². The number of hydrogen-bond acceptors (Lipinski definition) is 3. The van der Waals surface area contributed by atoms with Crippen LogP contribution in [0, 0.1) is 0 Å². The van der Waals surface area contributed by atoms with E-state index in [4.69, 9.17) is 4.42 Å². The zero-order chi connectivity index (χ0) is 38.9. The number of para-hydroxylation sites is 2. The molecule has 2 aromatic heterocycles. The van der Waals surface area contributed by atoms with Gasteiger partial charge in [0.2, 0.25) is 0 Å². The lowest BCUT2D eigenvalue weighted by Gasteiger charge is -2.27. The van der Waals surface area contributed by atoms with Gasteiger partial charge in [-0.05, 0) is 117 Å². The molecule has 0 radical (unpaired) electrons. The van der Waals surface area contributed by atoms with Crippen molar-refractivity contribution in [2.45, 2.75) is 12.8 Å². The van der Waals surface area contributed by atoms with E-state index in [0.717, 1.165) is 63.0 Å². The van der Waals surface area contributed by atoms with E-state index < -0.39 is 0 Å². The fraction of sp³-hybridized carbons (Fsp3) is 0.0357. The van der Waals surface area contributed by atoms with Gasteiger partial charge in [-0.3, -0.25) is 0 Å². The van der Waals surface area contributed by atoms with E-state index in [1.807, 2.05) is 17.4 Å². The van der Waals surface area contributed by atoms with Gasteiger partial charge in [0.15, 0.2) is 0 Å². The summed E-state index contributed by atoms with van der Waals surface area (Å²) in [5.41, 5.74) is 12.3. The number of allylic oxidation sites excluding steroid dienone is 4. The monoisotopic (exact) mass is 771 g/mol. The Morgan fingerprint density at radius 2 is 1.12 bits per heavy atom. The Labute approximate surface area is 346 Å². The molecule has 278 valence electrons. The Kier molecular flexibility index (Phi) is 7.89. The molecule has 0 aliphatic heterocycles. The molecular weight excluding hydrogens is 735 g/mol. The fourth-order valence-electron chi connectivity index (χ4n) is 9.30. The quantitative estimate of drug-likeness (QED) is 0.157. The van der Waals surface area contributed by atoms with Gasteiger partial charge in [0, 0.05) is 53.6 Å². The number of hydrogen-bond donors (Lipinski definition) is 0. The first kappa shape index (κ1) is 33.9. The number of thiophene rings is 1. The molecule has 0 bridgehead atoms. The standard InChI is InChI=1S/C56H37NOS/c1-2-13-36(14-3-1)52-34-40(29-31-45(52)49-21-12-22-50-46-19-8-10-23-53(46)58-56(49)50)57(41-30-32-48-47-20-9-11-24-54(47)59-55(48)35-41)39-27-25-37(26-28-39)51-33-38-15-4-5-16-42(38)43-17-6-7-18-44(43)51/h2,4-35H,1,3H2. The minimum atomic E-state index is 0.910. The number of nitrogens with zero attached hydrogens (tertiary/aromatic N) is 1. The van der Waals surface area contributed by atoms with E-state index >= 15 is 0 Å². The smallest absolute Gasteiger partial charge is 0.143 e. The van der Waals surface area contributed by atoms with Gasteiger partial charge in [0.1, 0.15) is 11.2 Å². The Balaban J connectivity index is 1.05. The number of anilines is 3. The van der Waals surface area contributed by atoms with Crippen LogP contribution in [0.15, 0.2) is 205 Å². The largest absolute Gasteiger partial charge is 0.455 e. The molecule has 1 aliphatic rings. The summed E-state index contributed by atoms with van der Waals surface area (Å²) in [5.74, 6) is 0. The average Bonchev–Trinajstić information content (AvgIpc) is 3.88. The topological polar surface area (TPSA) is 16.4 Å². The molecule has 0 unspecified atom stereocenters. The van der Waals surface area contributed by atoms with Crippen molar-refractivity contribution in [2.24, 2.45) is 0 Å². The van der Waals surface area contributed by atoms with Crippen molar-refractivity contribution in [3.8, 4) is 22.3 Å². The normalized spacial score (nSPS) is 13.0. The van der Waals surface area contributed by atoms with Crippen molar-refractivity contribution in [3.63, 3.8) is 0 Å². The van der Waals surface area contributed by atoms with Gasteiger partial charge < -0.3 is 9.32 Å². The van der Waals surface area contributed by atoms with E-state index in [-0.39, 0.29) is 0 Å². The summed E-state index contributed by atoms with van der Waals surface area (Å²) in [7, 11) is 0. The van der Waals surface area contributed by atoms with Gasteiger partial charge >= 0.3 is 0 Å². The molecule has 0 saturated carbocycles. The molecule has 0 saturated heterocycles. The Hall–Kier alpha value is -7.20. The molecule has 2 nitrogen and oxygen atoms in total. The van der Waals surface area contributed by atoms with Gasteiger partial charge in [-0.1, -0.05) is 146 Å². The first-order valence-electron chi connectivity index (χ1n) is 20.4. The highest BCUT2D eigenvalue weighted by molar-refractivity contribution is 7.25. The summed E-state index contributed by atoms with van der Waals surface area (Å²) in [6, 6.07) is 66.6. The van der Waals surface area contributed by atoms with Crippen LogP contribution in [0.2, 0.25) is 0 Å². The molecular formula is C56H37NOS. The van der Waals surface area contributed by atoms with Crippen LogP contribution in [-0.4, -0.2) is 0 Å². The molecule has 11 aromatic rings.